The molecule has 0 aliphatic rings. The van der Waals surface area contributed by atoms with Gasteiger partial charge in [0, 0.05) is 23.0 Å². The van der Waals surface area contributed by atoms with E-state index in [0.717, 1.165) is 12.1 Å². The summed E-state index contributed by atoms with van der Waals surface area (Å²) in [6.45, 7) is 1.43. The van der Waals surface area contributed by atoms with E-state index < -0.39 is 17.5 Å². The Bertz CT molecular complexity index is 1000. The third-order valence-corrected chi connectivity index (χ3v) is 3.76. The van der Waals surface area contributed by atoms with Gasteiger partial charge in [-0.05, 0) is 43.3 Å². The van der Waals surface area contributed by atoms with Crippen LogP contribution in [0.1, 0.15) is 27.6 Å². The number of nitrogens with zero attached hydrogens (tertiary/aromatic N) is 1. The molecule has 136 valence electrons. The molecule has 0 aliphatic carbocycles. The molecule has 0 radical (unpaired) electrons. The Labute approximate surface area is 154 Å². The van der Waals surface area contributed by atoms with Gasteiger partial charge in [-0.2, -0.15) is 0 Å². The number of hydrogen-bond acceptors (Lipinski definition) is 4. The first kappa shape index (κ1) is 18.2. The number of aromatic nitrogens is 1. The molecule has 1 aromatic heterocycles. The van der Waals surface area contributed by atoms with Crippen LogP contribution in [-0.2, 0) is 0 Å². The molecule has 5 nitrogen and oxygen atoms in total. The van der Waals surface area contributed by atoms with E-state index in [1.807, 2.05) is 0 Å². The minimum absolute atomic E-state index is 0.115. The lowest BCUT2D eigenvalue weighted by Crippen LogP contribution is -2.13. The van der Waals surface area contributed by atoms with Crippen LogP contribution in [0.5, 0.6) is 0 Å². The van der Waals surface area contributed by atoms with Crippen LogP contribution in [0.15, 0.2) is 60.8 Å². The molecule has 2 aromatic carbocycles. The lowest BCUT2D eigenvalue weighted by Gasteiger charge is -2.10. The number of hydrogen-bond donors (Lipinski definition) is 2. The number of amides is 1. The Balaban J connectivity index is 1.80. The quantitative estimate of drug-likeness (QED) is 0.649. The van der Waals surface area contributed by atoms with Crippen molar-refractivity contribution in [1.29, 1.82) is 0 Å². The summed E-state index contributed by atoms with van der Waals surface area (Å²) >= 11 is 0. The molecule has 0 saturated heterocycles. The first-order chi connectivity index (χ1) is 12.9. The van der Waals surface area contributed by atoms with Gasteiger partial charge in [0.05, 0.1) is 0 Å². The Morgan fingerprint density at radius 1 is 0.926 bits per heavy atom. The molecule has 3 rings (SSSR count). The molecule has 1 amide bonds. The zero-order valence-corrected chi connectivity index (χ0v) is 14.3. The molecule has 7 heteroatoms. The lowest BCUT2D eigenvalue weighted by atomic mass is 10.1. The third-order valence-electron chi connectivity index (χ3n) is 3.76. The van der Waals surface area contributed by atoms with Crippen LogP contribution in [0.2, 0.25) is 0 Å². The van der Waals surface area contributed by atoms with Gasteiger partial charge >= 0.3 is 0 Å². The average molecular weight is 367 g/mol. The van der Waals surface area contributed by atoms with Gasteiger partial charge in [-0.15, -0.1) is 0 Å². The molecule has 0 spiro atoms. The molecule has 3 aromatic rings. The van der Waals surface area contributed by atoms with Crippen molar-refractivity contribution in [3.05, 3.63) is 83.6 Å². The molecule has 27 heavy (non-hydrogen) atoms. The van der Waals surface area contributed by atoms with E-state index in [2.05, 4.69) is 15.6 Å². The smallest absolute Gasteiger partial charge is 0.255 e. The fraction of sp³-hybridized carbons (Fsp3) is 0.0500. The number of para-hydroxylation sites is 1. The zero-order valence-electron chi connectivity index (χ0n) is 14.3. The summed E-state index contributed by atoms with van der Waals surface area (Å²) in [5, 5.41) is 5.21. The van der Waals surface area contributed by atoms with Crippen molar-refractivity contribution in [1.82, 2.24) is 4.98 Å². The Morgan fingerprint density at radius 3 is 2.33 bits per heavy atom. The molecule has 1 heterocycles. The standard InChI is InChI=1S/C20H15F2N3O2/c1-12(26)13-4-2-5-15(10-13)24-20(27)14-8-9-23-18(11-14)25-19-16(21)6-3-7-17(19)22/h2-11H,1H3,(H,23,25)(H,24,27). The van der Waals surface area contributed by atoms with E-state index in [9.17, 15) is 18.4 Å². The topological polar surface area (TPSA) is 71.1 Å². The predicted octanol–water partition coefficient (Wildman–Crippen LogP) is 4.56. The van der Waals surface area contributed by atoms with Crippen LogP contribution in [0.25, 0.3) is 0 Å². The minimum atomic E-state index is -0.771. The molecule has 2 N–H and O–H groups in total. The number of rotatable bonds is 5. The van der Waals surface area contributed by atoms with E-state index in [4.69, 9.17) is 0 Å². The molecular formula is C20H15F2N3O2. The van der Waals surface area contributed by atoms with Crippen LogP contribution in [-0.4, -0.2) is 16.7 Å². The number of nitrogens with one attached hydrogen (secondary N) is 2. The van der Waals surface area contributed by atoms with E-state index in [0.29, 0.717) is 11.3 Å². The van der Waals surface area contributed by atoms with Crippen molar-refractivity contribution in [2.75, 3.05) is 10.6 Å². The van der Waals surface area contributed by atoms with Crippen molar-refractivity contribution in [2.45, 2.75) is 6.92 Å². The maximum Gasteiger partial charge on any atom is 0.255 e. The van der Waals surface area contributed by atoms with Crippen molar-refractivity contribution in [3.63, 3.8) is 0 Å². The van der Waals surface area contributed by atoms with Gasteiger partial charge in [-0.25, -0.2) is 13.8 Å². The fourth-order valence-electron chi connectivity index (χ4n) is 2.40. The second-order valence-electron chi connectivity index (χ2n) is 5.74. The first-order valence-corrected chi connectivity index (χ1v) is 8.03. The highest BCUT2D eigenvalue weighted by Gasteiger charge is 2.12. The normalized spacial score (nSPS) is 10.3. The first-order valence-electron chi connectivity index (χ1n) is 8.03. The summed E-state index contributed by atoms with van der Waals surface area (Å²) in [5.74, 6) is -1.99. The minimum Gasteiger partial charge on any atom is -0.335 e. The van der Waals surface area contributed by atoms with Crippen molar-refractivity contribution in [2.24, 2.45) is 0 Å². The van der Waals surface area contributed by atoms with Crippen molar-refractivity contribution < 1.29 is 18.4 Å². The second kappa shape index (κ2) is 7.74. The number of carbonyl (C=O) groups is 2. The number of halogens is 2. The van der Waals surface area contributed by atoms with E-state index in [1.165, 1.54) is 31.3 Å². The summed E-state index contributed by atoms with van der Waals surface area (Å²) in [5.41, 5.74) is 0.813. The maximum atomic E-state index is 13.7. The number of Topliss-reactive ketones (excluding diaryl/α,β-unsaturated/α-hetero) is 1. The molecule has 0 fully saturated rings. The SMILES string of the molecule is CC(=O)c1cccc(NC(=O)c2ccnc(Nc3c(F)cccc3F)c2)c1. The highest BCUT2D eigenvalue weighted by molar-refractivity contribution is 6.05. The van der Waals surface area contributed by atoms with Crippen molar-refractivity contribution >= 4 is 28.9 Å². The summed E-state index contributed by atoms with van der Waals surface area (Å²) in [4.78, 5) is 27.8. The summed E-state index contributed by atoms with van der Waals surface area (Å²) in [6.07, 6.45) is 1.35. The van der Waals surface area contributed by atoms with Crippen LogP contribution >= 0.6 is 0 Å². The van der Waals surface area contributed by atoms with Gasteiger partial charge in [0.25, 0.3) is 5.91 Å². The van der Waals surface area contributed by atoms with Gasteiger partial charge in [-0.3, -0.25) is 9.59 Å². The summed E-state index contributed by atoms with van der Waals surface area (Å²) < 4.78 is 27.5. The lowest BCUT2D eigenvalue weighted by molar-refractivity contribution is 0.101. The van der Waals surface area contributed by atoms with Gasteiger partial charge in [0.1, 0.15) is 23.1 Å². The molecule has 0 aliphatic heterocycles. The van der Waals surface area contributed by atoms with Gasteiger partial charge < -0.3 is 10.6 Å². The number of carbonyl (C=O) groups excluding carboxylic acids is 2. The average Bonchev–Trinajstić information content (AvgIpc) is 2.65. The maximum absolute atomic E-state index is 13.7. The number of pyridine rings is 1. The fourth-order valence-corrected chi connectivity index (χ4v) is 2.40. The highest BCUT2D eigenvalue weighted by Crippen LogP contribution is 2.22. The summed E-state index contributed by atoms with van der Waals surface area (Å²) in [7, 11) is 0. The summed E-state index contributed by atoms with van der Waals surface area (Å²) in [6, 6.07) is 12.8. The number of ketones is 1. The van der Waals surface area contributed by atoms with Crippen molar-refractivity contribution in [3.8, 4) is 0 Å². The Morgan fingerprint density at radius 2 is 1.63 bits per heavy atom. The third kappa shape index (κ3) is 4.33. The second-order valence-corrected chi connectivity index (χ2v) is 5.74. The monoisotopic (exact) mass is 367 g/mol. The Hall–Kier alpha value is -3.61. The van der Waals surface area contributed by atoms with Gasteiger partial charge in [0.15, 0.2) is 5.78 Å². The largest absolute Gasteiger partial charge is 0.335 e. The molecule has 0 unspecified atom stereocenters. The van der Waals surface area contributed by atoms with Gasteiger partial charge in [-0.1, -0.05) is 18.2 Å². The van der Waals surface area contributed by atoms with Crippen LogP contribution in [0.3, 0.4) is 0 Å². The van der Waals surface area contributed by atoms with Crippen LogP contribution in [0.4, 0.5) is 26.0 Å². The Kier molecular flexibility index (Phi) is 5.21. The van der Waals surface area contributed by atoms with Gasteiger partial charge in [0.2, 0.25) is 0 Å². The molecular weight excluding hydrogens is 352 g/mol. The van der Waals surface area contributed by atoms with E-state index in [-0.39, 0.29) is 22.9 Å². The highest BCUT2D eigenvalue weighted by atomic mass is 19.1. The molecule has 0 saturated carbocycles. The molecule has 0 atom stereocenters. The van der Waals surface area contributed by atoms with E-state index in [1.54, 1.807) is 24.3 Å². The van der Waals surface area contributed by atoms with Crippen LogP contribution in [0, 0.1) is 11.6 Å². The number of anilines is 3. The molecule has 0 bridgehead atoms. The zero-order chi connectivity index (χ0) is 19.4. The predicted molar refractivity (Wildman–Crippen MR) is 98.3 cm³/mol. The number of benzene rings is 2. The van der Waals surface area contributed by atoms with E-state index >= 15 is 0 Å². The van der Waals surface area contributed by atoms with Crippen LogP contribution < -0.4 is 10.6 Å².